The zero-order valence-electron chi connectivity index (χ0n) is 14.9. The van der Waals surface area contributed by atoms with Gasteiger partial charge in [0.1, 0.15) is 0 Å². The summed E-state index contributed by atoms with van der Waals surface area (Å²) in [5, 5.41) is 0. The van der Waals surface area contributed by atoms with Crippen LogP contribution in [0.2, 0.25) is 0 Å². The van der Waals surface area contributed by atoms with Crippen LogP contribution in [0.1, 0.15) is 36.1 Å². The van der Waals surface area contributed by atoms with Gasteiger partial charge >= 0.3 is 0 Å². The molecule has 122 valence electrons. The maximum atomic E-state index is 6.03. The monoisotopic (exact) mass is 330 g/mol. The van der Waals surface area contributed by atoms with Gasteiger partial charge in [0, 0.05) is 0 Å². The molecule has 3 aromatic carbocycles. The average Bonchev–Trinajstić information content (AvgIpc) is 3.10. The van der Waals surface area contributed by atoms with Crippen LogP contribution in [0.4, 0.5) is 0 Å². The van der Waals surface area contributed by atoms with Gasteiger partial charge in [-0.1, -0.05) is 60.4 Å². The highest BCUT2D eigenvalue weighted by atomic mass is 14.4. The fraction of sp³-hybridized carbons (Fsp3) is 0.154. The Kier molecular flexibility index (Phi) is 2.72. The molecule has 0 bridgehead atoms. The summed E-state index contributed by atoms with van der Waals surface area (Å²) in [7, 11) is 0. The first-order valence-electron chi connectivity index (χ1n) is 8.89. The van der Waals surface area contributed by atoms with Gasteiger partial charge in [0.2, 0.25) is 0 Å². The molecule has 0 saturated heterocycles. The van der Waals surface area contributed by atoms with Crippen LogP contribution in [0.3, 0.4) is 0 Å². The first kappa shape index (κ1) is 15.1. The Morgan fingerprint density at radius 2 is 0.962 bits per heavy atom. The van der Waals surface area contributed by atoms with E-state index >= 15 is 0 Å². The van der Waals surface area contributed by atoms with E-state index in [-0.39, 0.29) is 0 Å². The van der Waals surface area contributed by atoms with Gasteiger partial charge in [-0.15, -0.1) is 12.8 Å². The molecule has 0 radical (unpaired) electrons. The van der Waals surface area contributed by atoms with Gasteiger partial charge < -0.3 is 0 Å². The molecule has 2 unspecified atom stereocenters. The minimum absolute atomic E-state index is 0.412. The largest absolute Gasteiger partial charge is 0.119 e. The van der Waals surface area contributed by atoms with E-state index in [9.17, 15) is 0 Å². The van der Waals surface area contributed by atoms with Crippen LogP contribution in [0.5, 0.6) is 0 Å². The predicted octanol–water partition coefficient (Wildman–Crippen LogP) is 5.53. The third kappa shape index (κ3) is 1.53. The molecular formula is C26H18. The van der Waals surface area contributed by atoms with Crippen molar-refractivity contribution in [2.24, 2.45) is 0 Å². The van der Waals surface area contributed by atoms with E-state index in [4.69, 9.17) is 12.8 Å². The van der Waals surface area contributed by atoms with E-state index < -0.39 is 10.8 Å². The topological polar surface area (TPSA) is 0 Å². The molecule has 2 atom stereocenters. The van der Waals surface area contributed by atoms with E-state index in [1.165, 1.54) is 44.5 Å². The van der Waals surface area contributed by atoms with E-state index in [1.807, 2.05) is 0 Å². The average molecular weight is 330 g/mol. The lowest BCUT2D eigenvalue weighted by Gasteiger charge is -2.23. The second kappa shape index (κ2) is 4.69. The van der Waals surface area contributed by atoms with Crippen LogP contribution in [0.25, 0.3) is 22.3 Å². The Hall–Kier alpha value is -3.22. The molecule has 0 fully saturated rings. The molecule has 2 aliphatic rings. The van der Waals surface area contributed by atoms with Crippen molar-refractivity contribution in [1.29, 1.82) is 0 Å². The van der Waals surface area contributed by atoms with Gasteiger partial charge in [0.25, 0.3) is 0 Å². The number of fused-ring (bicyclic) bond motifs is 6. The van der Waals surface area contributed by atoms with Gasteiger partial charge in [0.15, 0.2) is 0 Å². The summed E-state index contributed by atoms with van der Waals surface area (Å²) in [6.45, 7) is 4.29. The predicted molar refractivity (Wildman–Crippen MR) is 108 cm³/mol. The molecule has 0 aromatic heterocycles. The molecule has 0 heteroatoms. The highest BCUT2D eigenvalue weighted by Crippen LogP contribution is 2.55. The van der Waals surface area contributed by atoms with Crippen molar-refractivity contribution in [2.75, 3.05) is 0 Å². The Bertz CT molecular complexity index is 1090. The molecule has 0 heterocycles. The smallest absolute Gasteiger partial charge is 0.0793 e. The van der Waals surface area contributed by atoms with Gasteiger partial charge in [-0.05, 0) is 70.5 Å². The van der Waals surface area contributed by atoms with Crippen LogP contribution in [0.15, 0.2) is 60.7 Å². The quantitative estimate of drug-likeness (QED) is 0.476. The summed E-state index contributed by atoms with van der Waals surface area (Å²) in [5.74, 6) is 6.12. The number of rotatable bonds is 0. The van der Waals surface area contributed by atoms with Crippen LogP contribution in [-0.4, -0.2) is 0 Å². The molecule has 0 amide bonds. The van der Waals surface area contributed by atoms with E-state index in [0.29, 0.717) is 0 Å². The van der Waals surface area contributed by atoms with Crippen LogP contribution in [0, 0.1) is 24.7 Å². The lowest BCUT2D eigenvalue weighted by atomic mass is 9.78. The normalized spacial score (nSPS) is 24.0. The third-order valence-corrected chi connectivity index (χ3v) is 6.32. The summed E-state index contributed by atoms with van der Waals surface area (Å²) in [6.07, 6.45) is 12.1. The maximum Gasteiger partial charge on any atom is 0.0793 e. The van der Waals surface area contributed by atoms with Crippen molar-refractivity contribution >= 4 is 0 Å². The summed E-state index contributed by atoms with van der Waals surface area (Å²) in [5.41, 5.74) is 8.88. The zero-order valence-corrected chi connectivity index (χ0v) is 14.9. The van der Waals surface area contributed by atoms with Crippen molar-refractivity contribution in [1.82, 2.24) is 0 Å². The molecule has 5 rings (SSSR count). The zero-order chi connectivity index (χ0) is 18.1. The van der Waals surface area contributed by atoms with Crippen molar-refractivity contribution in [3.63, 3.8) is 0 Å². The molecule has 26 heavy (non-hydrogen) atoms. The first-order chi connectivity index (χ1) is 12.5. The minimum atomic E-state index is -0.412. The summed E-state index contributed by atoms with van der Waals surface area (Å²) in [6, 6.07) is 21.5. The van der Waals surface area contributed by atoms with E-state index in [1.54, 1.807) is 0 Å². The maximum absolute atomic E-state index is 6.03. The van der Waals surface area contributed by atoms with Crippen LogP contribution < -0.4 is 0 Å². The second-order valence-electron chi connectivity index (χ2n) is 7.57. The number of hydrogen-bond donors (Lipinski definition) is 0. The first-order valence-corrected chi connectivity index (χ1v) is 8.89. The molecule has 0 saturated carbocycles. The SMILES string of the molecule is C#CC1(C)c2ccccc2-c2cc3c(cc21)-c1ccccc1C3(C)C#C. The number of terminal acetylenes is 2. The fourth-order valence-corrected chi connectivity index (χ4v) is 4.78. The van der Waals surface area contributed by atoms with Crippen molar-refractivity contribution in [3.05, 3.63) is 82.9 Å². The van der Waals surface area contributed by atoms with Crippen molar-refractivity contribution in [3.8, 4) is 46.9 Å². The highest BCUT2D eigenvalue weighted by molar-refractivity contribution is 5.91. The lowest BCUT2D eigenvalue weighted by Crippen LogP contribution is -2.19. The number of hydrogen-bond acceptors (Lipinski definition) is 0. The molecular weight excluding hydrogens is 312 g/mol. The highest BCUT2D eigenvalue weighted by Gasteiger charge is 2.43. The van der Waals surface area contributed by atoms with Gasteiger partial charge in [0.05, 0.1) is 10.8 Å². The number of benzene rings is 3. The third-order valence-electron chi connectivity index (χ3n) is 6.32. The summed E-state index contributed by atoms with van der Waals surface area (Å²) in [4.78, 5) is 0. The van der Waals surface area contributed by atoms with E-state index in [2.05, 4.69) is 86.4 Å². The Morgan fingerprint density at radius 3 is 1.35 bits per heavy atom. The van der Waals surface area contributed by atoms with E-state index in [0.717, 1.165) is 0 Å². The minimum Gasteiger partial charge on any atom is -0.119 e. The second-order valence-corrected chi connectivity index (χ2v) is 7.57. The molecule has 0 spiro atoms. The summed E-state index contributed by atoms with van der Waals surface area (Å²) < 4.78 is 0. The van der Waals surface area contributed by atoms with Gasteiger partial charge in [-0.2, -0.15) is 0 Å². The van der Waals surface area contributed by atoms with Gasteiger partial charge in [-0.25, -0.2) is 0 Å². The molecule has 0 nitrogen and oxygen atoms in total. The molecule has 0 N–H and O–H groups in total. The molecule has 3 aromatic rings. The molecule has 0 aliphatic heterocycles. The summed E-state index contributed by atoms with van der Waals surface area (Å²) >= 11 is 0. The van der Waals surface area contributed by atoms with Crippen LogP contribution >= 0.6 is 0 Å². The standard InChI is InChI=1S/C26H18/c1-5-25(3)21-13-9-7-11-17(21)19-16-24-20(15-23(19)25)18-12-8-10-14-22(18)26(24,4)6-2/h1-2,7-16H,3-4H3. The lowest BCUT2D eigenvalue weighted by molar-refractivity contribution is 0.769. The van der Waals surface area contributed by atoms with Gasteiger partial charge in [-0.3, -0.25) is 0 Å². The fourth-order valence-electron chi connectivity index (χ4n) is 4.78. The Balaban J connectivity index is 1.91. The Labute approximate surface area is 154 Å². The van der Waals surface area contributed by atoms with Crippen LogP contribution in [-0.2, 0) is 10.8 Å². The van der Waals surface area contributed by atoms with Crippen molar-refractivity contribution in [2.45, 2.75) is 24.7 Å². The molecule has 2 aliphatic carbocycles. The van der Waals surface area contributed by atoms with Crippen molar-refractivity contribution < 1.29 is 0 Å². The Morgan fingerprint density at radius 1 is 0.577 bits per heavy atom.